The van der Waals surface area contributed by atoms with E-state index in [0.29, 0.717) is 6.61 Å². The molecule has 15 heavy (non-hydrogen) atoms. The summed E-state index contributed by atoms with van der Waals surface area (Å²) in [6, 6.07) is 9.84. The number of rotatable bonds is 1. The molecule has 2 atom stereocenters. The molecule has 1 saturated heterocycles. The molecule has 1 aliphatic rings. The zero-order chi connectivity index (χ0) is 10.9. The molecule has 1 aromatic rings. The summed E-state index contributed by atoms with van der Waals surface area (Å²) in [6.07, 6.45) is -0.156. The lowest BCUT2D eigenvalue weighted by molar-refractivity contribution is -0.0165. The van der Waals surface area contributed by atoms with Gasteiger partial charge in [0.25, 0.3) is 0 Å². The van der Waals surface area contributed by atoms with E-state index < -0.39 is 8.25 Å². The van der Waals surface area contributed by atoms with Gasteiger partial charge in [-0.2, -0.15) is 0 Å². The Morgan fingerprint density at radius 2 is 2.00 bits per heavy atom. The van der Waals surface area contributed by atoms with Gasteiger partial charge in [0, 0.05) is 5.41 Å². The van der Waals surface area contributed by atoms with Gasteiger partial charge in [0.15, 0.2) is 0 Å². The third-order valence-electron chi connectivity index (χ3n) is 2.55. The zero-order valence-electron chi connectivity index (χ0n) is 8.84. The van der Waals surface area contributed by atoms with Crippen LogP contribution in [-0.2, 0) is 13.6 Å². The molecule has 0 bridgehead atoms. The predicted molar refractivity (Wildman–Crippen MR) is 57.6 cm³/mol. The van der Waals surface area contributed by atoms with E-state index in [0.717, 1.165) is 5.56 Å². The molecule has 0 aromatic heterocycles. The second kappa shape index (κ2) is 4.01. The summed E-state index contributed by atoms with van der Waals surface area (Å²) in [5, 5.41) is 0. The van der Waals surface area contributed by atoms with E-state index in [1.54, 1.807) is 0 Å². The van der Waals surface area contributed by atoms with Gasteiger partial charge in [0.1, 0.15) is 6.10 Å². The van der Waals surface area contributed by atoms with E-state index in [9.17, 15) is 4.57 Å². The fourth-order valence-corrected chi connectivity index (χ4v) is 2.77. The van der Waals surface area contributed by atoms with E-state index in [1.807, 2.05) is 44.2 Å². The summed E-state index contributed by atoms with van der Waals surface area (Å²) in [5.74, 6) is 0. The van der Waals surface area contributed by atoms with Crippen LogP contribution in [-0.4, -0.2) is 6.61 Å². The molecule has 3 nitrogen and oxygen atoms in total. The first-order valence-electron chi connectivity index (χ1n) is 4.91. The molecule has 1 aliphatic heterocycles. The van der Waals surface area contributed by atoms with Gasteiger partial charge in [0.2, 0.25) is 0 Å². The van der Waals surface area contributed by atoms with Gasteiger partial charge in [-0.25, -0.2) is 4.57 Å². The third-order valence-corrected chi connectivity index (χ3v) is 3.27. The van der Waals surface area contributed by atoms with Crippen molar-refractivity contribution in [2.45, 2.75) is 20.0 Å². The Morgan fingerprint density at radius 1 is 1.33 bits per heavy atom. The van der Waals surface area contributed by atoms with Gasteiger partial charge in [-0.1, -0.05) is 44.2 Å². The van der Waals surface area contributed by atoms with Gasteiger partial charge in [-0.3, -0.25) is 9.05 Å². The molecule has 2 unspecified atom stereocenters. The van der Waals surface area contributed by atoms with Crippen LogP contribution in [0.25, 0.3) is 0 Å². The van der Waals surface area contributed by atoms with Gasteiger partial charge in [-0.05, 0) is 5.56 Å². The highest BCUT2D eigenvalue weighted by Crippen LogP contribution is 2.49. The highest BCUT2D eigenvalue weighted by molar-refractivity contribution is 7.33. The summed E-state index contributed by atoms with van der Waals surface area (Å²) in [4.78, 5) is 0. The molecule has 0 aliphatic carbocycles. The number of hydrogen-bond donors (Lipinski definition) is 0. The van der Waals surface area contributed by atoms with Crippen molar-refractivity contribution in [1.29, 1.82) is 0 Å². The topological polar surface area (TPSA) is 35.5 Å². The monoisotopic (exact) mass is 225 g/mol. The highest BCUT2D eigenvalue weighted by atomic mass is 31.1. The SMILES string of the molecule is CC1(C)CO[P](=O)OC1c1ccccc1. The van der Waals surface area contributed by atoms with Crippen molar-refractivity contribution in [2.24, 2.45) is 5.41 Å². The minimum absolute atomic E-state index is 0.148. The van der Waals surface area contributed by atoms with Crippen molar-refractivity contribution >= 4 is 8.25 Å². The van der Waals surface area contributed by atoms with Crippen molar-refractivity contribution in [1.82, 2.24) is 0 Å². The van der Waals surface area contributed by atoms with E-state index >= 15 is 0 Å². The van der Waals surface area contributed by atoms with Gasteiger partial charge in [0.05, 0.1) is 6.61 Å². The standard InChI is InChI=1S/C11H14O3P/c1-11(2)8-13-15(12)14-10(11)9-6-4-3-5-7-9/h3-7,10H,8H2,1-2H3. The summed E-state index contributed by atoms with van der Waals surface area (Å²) in [7, 11) is -1.96. The van der Waals surface area contributed by atoms with Crippen LogP contribution in [0.5, 0.6) is 0 Å². The van der Waals surface area contributed by atoms with Crippen LogP contribution in [0, 0.1) is 5.41 Å². The van der Waals surface area contributed by atoms with Gasteiger partial charge in [-0.15, -0.1) is 0 Å². The Balaban J connectivity index is 2.29. The van der Waals surface area contributed by atoms with Crippen molar-refractivity contribution in [3.05, 3.63) is 35.9 Å². The van der Waals surface area contributed by atoms with Crippen LogP contribution in [0.3, 0.4) is 0 Å². The summed E-state index contributed by atoms with van der Waals surface area (Å²) >= 11 is 0. The Hall–Kier alpha value is -0.760. The summed E-state index contributed by atoms with van der Waals surface area (Å²) in [6.45, 7) is 4.56. The lowest BCUT2D eigenvalue weighted by Gasteiger charge is -2.36. The number of benzene rings is 1. The lowest BCUT2D eigenvalue weighted by atomic mass is 9.83. The fraction of sp³-hybridized carbons (Fsp3) is 0.455. The molecule has 1 radical (unpaired) electrons. The first-order chi connectivity index (χ1) is 7.09. The molecule has 2 rings (SSSR count). The van der Waals surface area contributed by atoms with Gasteiger partial charge >= 0.3 is 8.25 Å². The Morgan fingerprint density at radius 3 is 2.67 bits per heavy atom. The van der Waals surface area contributed by atoms with E-state index in [2.05, 4.69) is 0 Å². The Labute approximate surface area is 90.4 Å². The zero-order valence-corrected chi connectivity index (χ0v) is 9.74. The van der Waals surface area contributed by atoms with Crippen molar-refractivity contribution in [3.63, 3.8) is 0 Å². The van der Waals surface area contributed by atoms with Crippen molar-refractivity contribution in [2.75, 3.05) is 6.61 Å². The van der Waals surface area contributed by atoms with Crippen LogP contribution in [0.4, 0.5) is 0 Å². The normalized spacial score (nSPS) is 27.6. The fourth-order valence-electron chi connectivity index (χ4n) is 1.69. The van der Waals surface area contributed by atoms with Crippen LogP contribution in [0.1, 0.15) is 25.5 Å². The molecule has 0 spiro atoms. The molecule has 1 fully saturated rings. The van der Waals surface area contributed by atoms with Crippen LogP contribution >= 0.6 is 8.25 Å². The lowest BCUT2D eigenvalue weighted by Crippen LogP contribution is -2.31. The quantitative estimate of drug-likeness (QED) is 0.686. The van der Waals surface area contributed by atoms with Gasteiger partial charge < -0.3 is 0 Å². The molecule has 0 N–H and O–H groups in total. The first kappa shape index (κ1) is 10.7. The number of hydrogen-bond acceptors (Lipinski definition) is 3. The molecule has 0 saturated carbocycles. The van der Waals surface area contributed by atoms with Crippen LogP contribution < -0.4 is 0 Å². The maximum atomic E-state index is 11.2. The van der Waals surface area contributed by atoms with Crippen molar-refractivity contribution < 1.29 is 13.6 Å². The third kappa shape index (κ3) is 2.25. The first-order valence-corrected chi connectivity index (χ1v) is 6.01. The van der Waals surface area contributed by atoms with Crippen molar-refractivity contribution in [3.8, 4) is 0 Å². The average molecular weight is 225 g/mol. The second-order valence-corrected chi connectivity index (χ2v) is 5.30. The maximum absolute atomic E-state index is 11.2. The Kier molecular flexibility index (Phi) is 2.87. The molecule has 1 heterocycles. The van der Waals surface area contributed by atoms with Crippen LogP contribution in [0.2, 0.25) is 0 Å². The molecule has 4 heteroatoms. The molecular formula is C11H14O3P. The van der Waals surface area contributed by atoms with Crippen LogP contribution in [0.15, 0.2) is 30.3 Å². The minimum Gasteiger partial charge on any atom is -0.282 e. The molecule has 1 aromatic carbocycles. The Bertz CT molecular complexity index is 361. The maximum Gasteiger partial charge on any atom is 0.369 e. The predicted octanol–water partition coefficient (Wildman–Crippen LogP) is 3.46. The summed E-state index contributed by atoms with van der Waals surface area (Å²) in [5.41, 5.74) is 0.902. The smallest absolute Gasteiger partial charge is 0.282 e. The molecular weight excluding hydrogens is 211 g/mol. The highest BCUT2D eigenvalue weighted by Gasteiger charge is 2.38. The van der Waals surface area contributed by atoms with E-state index in [1.165, 1.54) is 0 Å². The molecule has 81 valence electrons. The second-order valence-electron chi connectivity index (χ2n) is 4.38. The summed E-state index contributed by atoms with van der Waals surface area (Å²) < 4.78 is 21.6. The minimum atomic E-state index is -1.96. The van der Waals surface area contributed by atoms with E-state index in [-0.39, 0.29) is 11.5 Å². The average Bonchev–Trinajstić information content (AvgIpc) is 2.23. The molecule has 0 amide bonds. The van der Waals surface area contributed by atoms with E-state index in [4.69, 9.17) is 9.05 Å². The largest absolute Gasteiger partial charge is 0.369 e.